The van der Waals surface area contributed by atoms with Crippen molar-refractivity contribution in [3.8, 4) is 0 Å². The number of nitrogens with one attached hydrogen (secondary N) is 1. The van der Waals surface area contributed by atoms with E-state index in [1.54, 1.807) is 0 Å². The van der Waals surface area contributed by atoms with Crippen LogP contribution in [-0.2, 0) is 12.5 Å². The second-order valence-electron chi connectivity index (χ2n) is 1.69. The van der Waals surface area contributed by atoms with Gasteiger partial charge in [-0.2, -0.15) is 4.21 Å². The third kappa shape index (κ3) is 1420. The molecule has 0 rings (SSSR count). The predicted molar refractivity (Wildman–Crippen MR) is 26.9 cm³/mol. The van der Waals surface area contributed by atoms with Gasteiger partial charge in [0.1, 0.15) is 0 Å². The van der Waals surface area contributed by atoms with E-state index in [2.05, 4.69) is 33.7 Å². The molecule has 64 valence electrons. The van der Waals surface area contributed by atoms with Crippen LogP contribution in [0.3, 0.4) is 0 Å². The minimum absolute atomic E-state index is 1.42. The molecule has 0 heterocycles. The van der Waals surface area contributed by atoms with E-state index in [4.69, 9.17) is 14.5 Å². The van der Waals surface area contributed by atoms with E-state index < -0.39 is 21.1 Å². The Kier molecular flexibility index (Phi) is 27.5. The van der Waals surface area contributed by atoms with Gasteiger partial charge in [-0.25, -0.2) is 0 Å². The van der Waals surface area contributed by atoms with Crippen LogP contribution in [0.25, 0.3) is 0 Å². The first-order chi connectivity index (χ1) is 4.46. The van der Waals surface area contributed by atoms with Crippen LogP contribution in [0, 0.1) is 0 Å². The summed E-state index contributed by atoms with van der Waals surface area (Å²) >= 11 is -1.18. The zero-order valence-corrected chi connectivity index (χ0v) is 8.89. The summed E-state index contributed by atoms with van der Waals surface area (Å²) in [5.74, 6) is 0. The minimum atomic E-state index is -4.01. The van der Waals surface area contributed by atoms with Crippen LogP contribution in [0.1, 0.15) is 0 Å². The molecule has 0 unspecified atom stereocenters. The fourth-order valence-corrected chi connectivity index (χ4v) is 0. The third-order valence-electron chi connectivity index (χ3n) is 0. The van der Waals surface area contributed by atoms with Crippen LogP contribution in [0.5, 0.6) is 0 Å². The molecule has 0 aromatic heterocycles. The van der Waals surface area contributed by atoms with Crippen molar-refractivity contribution in [3.63, 3.8) is 0 Å². The molecule has 0 bridgehead atoms. The maximum atomic E-state index is 8.57. The number of rotatable bonds is 0. The zero-order chi connectivity index (χ0) is 9.15. The number of hydrogen-bond acceptors (Lipinski definition) is 5. The molecule has 0 aliphatic carbocycles. The highest BCUT2D eigenvalue weighted by molar-refractivity contribution is 7.44. The first-order valence-electron chi connectivity index (χ1n) is 2.13. The molecule has 0 aliphatic rings. The predicted octanol–water partition coefficient (Wildman–Crippen LogP) is -8.14. The van der Waals surface area contributed by atoms with E-state index >= 15 is 0 Å². The molecule has 0 fully saturated rings. The summed E-state index contributed by atoms with van der Waals surface area (Å²) < 4.78 is 33.6. The third-order valence-corrected chi connectivity index (χ3v) is 0. The maximum absolute atomic E-state index is 8.57. The van der Waals surface area contributed by atoms with Gasteiger partial charge in [0.25, 0.3) is 21.1 Å². The molecule has 0 saturated heterocycles. The Morgan fingerprint density at radius 3 is 1.10 bits per heavy atom. The van der Waals surface area contributed by atoms with Gasteiger partial charge in [-0.3, -0.25) is 0 Å². The molecular formula is C3H10INO4S. The van der Waals surface area contributed by atoms with Gasteiger partial charge in [-0.1, -0.05) is 0 Å². The molecule has 10 heavy (non-hydrogen) atoms. The smallest absolute Gasteiger partial charge is 0.282 e. The molecule has 0 aromatic rings. The Hall–Kier alpha value is 0.590. The fourth-order valence-electron chi connectivity index (χ4n) is 0. The van der Waals surface area contributed by atoms with Crippen molar-refractivity contribution < 1.29 is 40.5 Å². The van der Waals surface area contributed by atoms with Crippen LogP contribution >= 0.6 is 0 Å². The molecule has 5 nitrogen and oxygen atoms in total. The zero-order valence-electron chi connectivity index (χ0n) is 5.92. The summed E-state index contributed by atoms with van der Waals surface area (Å²) in [5, 5.41) is 0. The quantitative estimate of drug-likeness (QED) is 0.446. The van der Waals surface area contributed by atoms with Crippen LogP contribution in [-0.4, -0.2) is 25.4 Å². The van der Waals surface area contributed by atoms with Crippen molar-refractivity contribution in [2.24, 2.45) is 0 Å². The van der Waals surface area contributed by atoms with Crippen molar-refractivity contribution in [1.82, 2.24) is 0 Å². The average molecular weight is 283 g/mol. The van der Waals surface area contributed by atoms with Crippen molar-refractivity contribution in [2.75, 3.05) is 21.1 Å². The van der Waals surface area contributed by atoms with E-state index in [1.807, 2.05) is 0 Å². The van der Waals surface area contributed by atoms with E-state index in [1.165, 1.54) is 4.90 Å². The lowest BCUT2D eigenvalue weighted by atomic mass is 11.0. The SMILES string of the molecule is C[NH+](C)C.O=S.[O-][I+2]([O-])[O-]. The first kappa shape index (κ1) is 16.9. The van der Waals surface area contributed by atoms with E-state index in [9.17, 15) is 0 Å². The van der Waals surface area contributed by atoms with Crippen molar-refractivity contribution >= 4 is 12.5 Å². The highest BCUT2D eigenvalue weighted by Gasteiger charge is 1.70. The van der Waals surface area contributed by atoms with Gasteiger partial charge in [0, 0.05) is 0 Å². The van der Waals surface area contributed by atoms with E-state index in [0.717, 1.165) is 0 Å². The lowest BCUT2D eigenvalue weighted by Gasteiger charge is -1.88. The normalized spacial score (nSPS) is 7.60. The van der Waals surface area contributed by atoms with Crippen molar-refractivity contribution in [2.45, 2.75) is 0 Å². The van der Waals surface area contributed by atoms with Gasteiger partial charge in [-0.05, 0) is 0 Å². The van der Waals surface area contributed by atoms with Gasteiger partial charge in [0.15, 0.2) is 12.5 Å². The standard InChI is InChI=1S/C3H9N.IO3.OS/c1-4(2)3;2-1(3)4;1-2/h1-3H3;;/q;-1;/p+1. The number of hydrogen-bond donors (Lipinski definition) is 1. The van der Waals surface area contributed by atoms with Crippen LogP contribution < -0.4 is 36.3 Å². The maximum Gasteiger partial charge on any atom is 0.282 e. The Bertz CT molecular complexity index is 44.3. The fraction of sp³-hybridized carbons (Fsp3) is 1.00. The Morgan fingerprint density at radius 1 is 1.10 bits per heavy atom. The molecule has 1 N–H and O–H groups in total. The molecule has 0 aromatic carbocycles. The lowest BCUT2D eigenvalue weighted by molar-refractivity contribution is -1.73. The molecule has 0 aliphatic heterocycles. The van der Waals surface area contributed by atoms with Crippen molar-refractivity contribution in [1.29, 1.82) is 0 Å². The highest BCUT2D eigenvalue weighted by atomic mass is 127. The lowest BCUT2D eigenvalue weighted by Crippen LogP contribution is -4.05. The molecule has 7 heteroatoms. The summed E-state index contributed by atoms with van der Waals surface area (Å²) in [4.78, 5) is 1.42. The van der Waals surface area contributed by atoms with Crippen LogP contribution in [0.4, 0.5) is 0 Å². The molecule has 0 radical (unpaired) electrons. The van der Waals surface area contributed by atoms with E-state index in [0.29, 0.717) is 0 Å². The molecule has 0 amide bonds. The van der Waals surface area contributed by atoms with Gasteiger partial charge in [0.05, 0.1) is 21.1 Å². The summed E-state index contributed by atoms with van der Waals surface area (Å²) in [6.07, 6.45) is 0. The Morgan fingerprint density at radius 2 is 1.10 bits per heavy atom. The minimum Gasteiger partial charge on any atom is -0.427 e. The second-order valence-corrected chi connectivity index (χ2v) is 2.77. The Labute approximate surface area is 74.2 Å². The molecule has 0 spiro atoms. The first-order valence-corrected chi connectivity index (χ1v) is 5.11. The summed E-state index contributed by atoms with van der Waals surface area (Å²) in [7, 11) is 6.25. The van der Waals surface area contributed by atoms with Gasteiger partial charge >= 0.3 is 0 Å². The molecule has 0 saturated carbocycles. The second kappa shape index (κ2) is 16.3. The van der Waals surface area contributed by atoms with Gasteiger partial charge < -0.3 is 15.2 Å². The van der Waals surface area contributed by atoms with E-state index in [-0.39, 0.29) is 0 Å². The molecule has 0 atom stereocenters. The summed E-state index contributed by atoms with van der Waals surface area (Å²) in [5.41, 5.74) is 0. The summed E-state index contributed by atoms with van der Waals surface area (Å²) in [6.45, 7) is 0. The average Bonchev–Trinajstić information content (AvgIpc) is 1.66. The van der Waals surface area contributed by atoms with Crippen LogP contribution in [0.15, 0.2) is 0 Å². The number of halogens is 1. The largest absolute Gasteiger partial charge is 0.427 e. The molecular weight excluding hydrogens is 273 g/mol. The van der Waals surface area contributed by atoms with Gasteiger partial charge in [-0.15, -0.1) is 0 Å². The number of quaternary nitrogens is 1. The van der Waals surface area contributed by atoms with Gasteiger partial charge in [0.2, 0.25) is 0 Å². The monoisotopic (exact) mass is 283 g/mol. The highest BCUT2D eigenvalue weighted by Crippen LogP contribution is 0.864. The van der Waals surface area contributed by atoms with Crippen LogP contribution in [0.2, 0.25) is 0 Å². The topological polar surface area (TPSA) is 90.7 Å². The summed E-state index contributed by atoms with van der Waals surface area (Å²) in [6, 6.07) is 0. The van der Waals surface area contributed by atoms with Crippen molar-refractivity contribution in [3.05, 3.63) is 0 Å². The Balaban J connectivity index is -0.0000000787.